The van der Waals surface area contributed by atoms with E-state index in [1.807, 2.05) is 66.7 Å². The van der Waals surface area contributed by atoms with Gasteiger partial charge in [-0.2, -0.15) is 0 Å². The number of fused-ring (bicyclic) bond motifs is 1. The lowest BCUT2D eigenvalue weighted by Crippen LogP contribution is -2.15. The van der Waals surface area contributed by atoms with Gasteiger partial charge in [0.1, 0.15) is 5.82 Å². The van der Waals surface area contributed by atoms with Crippen molar-refractivity contribution in [3.63, 3.8) is 0 Å². The van der Waals surface area contributed by atoms with Gasteiger partial charge in [-0.25, -0.2) is 4.98 Å². The quantitative estimate of drug-likeness (QED) is 0.506. The number of nitrogens with zero attached hydrogens (tertiary/aromatic N) is 1. The third-order valence-electron chi connectivity index (χ3n) is 4.71. The highest BCUT2D eigenvalue weighted by Crippen LogP contribution is 2.28. The van der Waals surface area contributed by atoms with Gasteiger partial charge >= 0.3 is 0 Å². The number of imidazole rings is 1. The van der Waals surface area contributed by atoms with Crippen molar-refractivity contribution in [3.05, 3.63) is 84.4 Å². The summed E-state index contributed by atoms with van der Waals surface area (Å²) in [5.41, 5.74) is 4.70. The van der Waals surface area contributed by atoms with Crippen molar-refractivity contribution >= 4 is 22.6 Å². The Morgan fingerprint density at radius 2 is 1.67 bits per heavy atom. The third kappa shape index (κ3) is 3.75. The van der Waals surface area contributed by atoms with Gasteiger partial charge in [0.05, 0.1) is 16.7 Å². The van der Waals surface area contributed by atoms with Crippen LogP contribution in [0.15, 0.2) is 78.9 Å². The normalized spacial score (nSPS) is 12.0. The Kier molecular flexibility index (Phi) is 4.71. The number of anilines is 1. The number of aromatic nitrogens is 2. The average Bonchev–Trinajstić information content (AvgIpc) is 3.13. The fourth-order valence-electron chi connectivity index (χ4n) is 3.26. The van der Waals surface area contributed by atoms with Gasteiger partial charge in [0.2, 0.25) is 5.91 Å². The highest BCUT2D eigenvalue weighted by atomic mass is 16.1. The Bertz CT molecular complexity index is 1040. The van der Waals surface area contributed by atoms with Crippen molar-refractivity contribution < 1.29 is 4.79 Å². The minimum Gasteiger partial charge on any atom is -0.338 e. The van der Waals surface area contributed by atoms with Gasteiger partial charge in [-0.3, -0.25) is 4.79 Å². The molecule has 0 saturated heterocycles. The van der Waals surface area contributed by atoms with Gasteiger partial charge < -0.3 is 10.3 Å². The highest BCUT2D eigenvalue weighted by Gasteiger charge is 2.14. The number of H-pyrrole nitrogens is 1. The Balaban J connectivity index is 1.55. The van der Waals surface area contributed by atoms with Crippen LogP contribution in [0, 0.1) is 0 Å². The van der Waals surface area contributed by atoms with Crippen LogP contribution < -0.4 is 5.32 Å². The summed E-state index contributed by atoms with van der Waals surface area (Å²) in [4.78, 5) is 20.6. The monoisotopic (exact) mass is 355 g/mol. The van der Waals surface area contributed by atoms with Crippen LogP contribution in [0.25, 0.3) is 22.4 Å². The van der Waals surface area contributed by atoms with E-state index in [0.29, 0.717) is 6.42 Å². The molecular weight excluding hydrogens is 334 g/mol. The molecule has 1 atom stereocenters. The van der Waals surface area contributed by atoms with Crippen molar-refractivity contribution in [2.45, 2.75) is 19.3 Å². The van der Waals surface area contributed by atoms with Crippen LogP contribution in [0.4, 0.5) is 5.69 Å². The first-order chi connectivity index (χ1) is 13.2. The van der Waals surface area contributed by atoms with E-state index in [-0.39, 0.29) is 11.8 Å². The first-order valence-corrected chi connectivity index (χ1v) is 9.09. The lowest BCUT2D eigenvalue weighted by molar-refractivity contribution is -0.116. The molecule has 1 aromatic heterocycles. The van der Waals surface area contributed by atoms with Gasteiger partial charge in [-0.15, -0.1) is 0 Å². The molecule has 0 aliphatic carbocycles. The highest BCUT2D eigenvalue weighted by molar-refractivity contribution is 5.95. The first kappa shape index (κ1) is 17.0. The van der Waals surface area contributed by atoms with Gasteiger partial charge in [0.25, 0.3) is 0 Å². The van der Waals surface area contributed by atoms with E-state index in [1.165, 1.54) is 5.56 Å². The second-order valence-corrected chi connectivity index (χ2v) is 6.71. The van der Waals surface area contributed by atoms with Gasteiger partial charge in [0.15, 0.2) is 0 Å². The molecule has 0 radical (unpaired) electrons. The molecule has 4 aromatic rings. The van der Waals surface area contributed by atoms with E-state index in [0.717, 1.165) is 28.1 Å². The fraction of sp³-hybridized carbons (Fsp3) is 0.130. The van der Waals surface area contributed by atoms with Crippen LogP contribution in [0.5, 0.6) is 0 Å². The van der Waals surface area contributed by atoms with Crippen LogP contribution in [0.1, 0.15) is 24.8 Å². The molecule has 0 fully saturated rings. The molecular formula is C23H21N3O. The summed E-state index contributed by atoms with van der Waals surface area (Å²) in [5, 5.41) is 3.06. The molecule has 4 nitrogen and oxygen atoms in total. The number of rotatable bonds is 5. The number of amides is 1. The number of hydrogen-bond donors (Lipinski definition) is 2. The fourth-order valence-corrected chi connectivity index (χ4v) is 3.26. The maximum absolute atomic E-state index is 12.6. The standard InChI is InChI=1S/C23H21N3O/c1-16(17-9-3-2-4-10-17)15-22(27)24-19-12-6-5-11-18(19)23-25-20-13-7-8-14-21(20)26-23/h2-14,16H,15H2,1H3,(H,24,27)(H,25,26)/t16-/m1/s1. The smallest absolute Gasteiger partial charge is 0.224 e. The Hall–Kier alpha value is -3.40. The molecule has 1 heterocycles. The van der Waals surface area contributed by atoms with E-state index < -0.39 is 0 Å². The number of benzene rings is 3. The van der Waals surface area contributed by atoms with Crippen molar-refractivity contribution in [2.24, 2.45) is 0 Å². The minimum atomic E-state index is -0.00471. The molecule has 27 heavy (non-hydrogen) atoms. The third-order valence-corrected chi connectivity index (χ3v) is 4.71. The summed E-state index contributed by atoms with van der Waals surface area (Å²) in [7, 11) is 0. The summed E-state index contributed by atoms with van der Waals surface area (Å²) in [5.74, 6) is 0.905. The molecule has 0 aliphatic heterocycles. The van der Waals surface area contributed by atoms with Gasteiger partial charge in [-0.05, 0) is 35.7 Å². The van der Waals surface area contributed by atoms with Gasteiger partial charge in [0, 0.05) is 12.0 Å². The van der Waals surface area contributed by atoms with Crippen LogP contribution in [-0.2, 0) is 4.79 Å². The number of hydrogen-bond acceptors (Lipinski definition) is 2. The first-order valence-electron chi connectivity index (χ1n) is 9.09. The topological polar surface area (TPSA) is 57.8 Å². The Labute approximate surface area is 158 Å². The number of carbonyl (C=O) groups excluding carboxylic acids is 1. The largest absolute Gasteiger partial charge is 0.338 e. The Morgan fingerprint density at radius 3 is 2.48 bits per heavy atom. The van der Waals surface area contributed by atoms with E-state index in [1.54, 1.807) is 0 Å². The minimum absolute atomic E-state index is 0.00471. The molecule has 4 rings (SSSR count). The summed E-state index contributed by atoms with van der Waals surface area (Å²) in [6, 6.07) is 25.7. The van der Waals surface area contributed by atoms with Crippen LogP contribution in [0.3, 0.4) is 0 Å². The Morgan fingerprint density at radius 1 is 0.963 bits per heavy atom. The van der Waals surface area contributed by atoms with E-state index in [9.17, 15) is 4.79 Å². The van der Waals surface area contributed by atoms with Crippen molar-refractivity contribution in [3.8, 4) is 11.4 Å². The number of aromatic amines is 1. The van der Waals surface area contributed by atoms with E-state index in [2.05, 4.69) is 34.3 Å². The average molecular weight is 355 g/mol. The molecule has 3 aromatic carbocycles. The van der Waals surface area contributed by atoms with Crippen molar-refractivity contribution in [2.75, 3.05) is 5.32 Å². The molecule has 134 valence electrons. The molecule has 4 heteroatoms. The maximum atomic E-state index is 12.6. The second-order valence-electron chi connectivity index (χ2n) is 6.71. The molecule has 0 unspecified atom stereocenters. The van der Waals surface area contributed by atoms with Crippen LogP contribution in [0.2, 0.25) is 0 Å². The van der Waals surface area contributed by atoms with Crippen molar-refractivity contribution in [1.82, 2.24) is 9.97 Å². The predicted octanol–water partition coefficient (Wildman–Crippen LogP) is 5.36. The zero-order valence-corrected chi connectivity index (χ0v) is 15.1. The summed E-state index contributed by atoms with van der Waals surface area (Å²) in [6.45, 7) is 2.07. The molecule has 1 amide bonds. The maximum Gasteiger partial charge on any atom is 0.224 e. The SMILES string of the molecule is C[C@H](CC(=O)Nc1ccccc1-c1nc2ccccc2[nH]1)c1ccccc1. The lowest BCUT2D eigenvalue weighted by Gasteiger charge is -2.13. The zero-order valence-electron chi connectivity index (χ0n) is 15.1. The summed E-state index contributed by atoms with van der Waals surface area (Å²) in [6.07, 6.45) is 0.429. The van der Waals surface area contributed by atoms with Crippen LogP contribution in [-0.4, -0.2) is 15.9 Å². The predicted molar refractivity (Wildman–Crippen MR) is 110 cm³/mol. The summed E-state index contributed by atoms with van der Waals surface area (Å²) >= 11 is 0. The molecule has 0 spiro atoms. The number of para-hydroxylation sites is 3. The summed E-state index contributed by atoms with van der Waals surface area (Å²) < 4.78 is 0. The number of carbonyl (C=O) groups is 1. The van der Waals surface area contributed by atoms with E-state index in [4.69, 9.17) is 0 Å². The lowest BCUT2D eigenvalue weighted by atomic mass is 9.97. The molecule has 0 saturated carbocycles. The number of nitrogens with one attached hydrogen (secondary N) is 2. The zero-order chi connectivity index (χ0) is 18.6. The molecule has 0 bridgehead atoms. The molecule has 2 N–H and O–H groups in total. The van der Waals surface area contributed by atoms with Gasteiger partial charge in [-0.1, -0.05) is 61.5 Å². The molecule has 0 aliphatic rings. The van der Waals surface area contributed by atoms with Crippen molar-refractivity contribution in [1.29, 1.82) is 0 Å². The van der Waals surface area contributed by atoms with E-state index >= 15 is 0 Å². The second kappa shape index (κ2) is 7.46. The van der Waals surface area contributed by atoms with Crippen LogP contribution >= 0.6 is 0 Å².